The fourth-order valence-electron chi connectivity index (χ4n) is 2.17. The van der Waals surface area contributed by atoms with Crippen LogP contribution < -0.4 is 11.3 Å². The molecule has 0 radical (unpaired) electrons. The summed E-state index contributed by atoms with van der Waals surface area (Å²) in [7, 11) is 0. The van der Waals surface area contributed by atoms with Crippen molar-refractivity contribution in [1.29, 1.82) is 0 Å². The highest BCUT2D eigenvalue weighted by Gasteiger charge is 2.14. The zero-order valence-electron chi connectivity index (χ0n) is 11.9. The van der Waals surface area contributed by atoms with E-state index in [2.05, 4.69) is 23.4 Å². The third-order valence-corrected chi connectivity index (χ3v) is 3.77. The maximum Gasteiger partial charge on any atom is 0.0530 e. The number of pyridine rings is 1. The van der Waals surface area contributed by atoms with Gasteiger partial charge in [0.25, 0.3) is 0 Å². The monoisotopic (exact) mass is 289 g/mol. The van der Waals surface area contributed by atoms with Crippen LogP contribution >= 0.6 is 11.6 Å². The van der Waals surface area contributed by atoms with Gasteiger partial charge in [-0.2, -0.15) is 0 Å². The molecular weight excluding hydrogens is 270 g/mol. The van der Waals surface area contributed by atoms with E-state index in [0.29, 0.717) is 6.42 Å². The van der Waals surface area contributed by atoms with Gasteiger partial charge >= 0.3 is 0 Å². The lowest BCUT2D eigenvalue weighted by Gasteiger charge is -2.18. The molecule has 1 aromatic carbocycles. The van der Waals surface area contributed by atoms with E-state index in [0.717, 1.165) is 28.3 Å². The minimum atomic E-state index is -0.0388. The highest BCUT2D eigenvalue weighted by Crippen LogP contribution is 2.26. The molecular formula is C16H20ClN3. The number of nitrogens with one attached hydrogen (secondary N) is 1. The maximum atomic E-state index is 6.30. The second kappa shape index (κ2) is 6.84. The number of hydrogen-bond acceptors (Lipinski definition) is 3. The molecule has 1 heterocycles. The van der Waals surface area contributed by atoms with Crippen LogP contribution in [0.4, 0.5) is 0 Å². The molecule has 1 unspecified atom stereocenters. The lowest BCUT2D eigenvalue weighted by Crippen LogP contribution is -2.30. The molecule has 0 saturated carbocycles. The van der Waals surface area contributed by atoms with Crippen LogP contribution in [0.15, 0.2) is 36.5 Å². The Morgan fingerprint density at radius 2 is 2.10 bits per heavy atom. The van der Waals surface area contributed by atoms with Gasteiger partial charge in [-0.25, -0.2) is 0 Å². The summed E-state index contributed by atoms with van der Waals surface area (Å²) >= 11 is 6.30. The van der Waals surface area contributed by atoms with Crippen LogP contribution in [0.2, 0.25) is 5.02 Å². The van der Waals surface area contributed by atoms with Gasteiger partial charge < -0.3 is 0 Å². The maximum absolute atomic E-state index is 6.30. The Kier molecular flexibility index (Phi) is 5.12. The first-order valence-electron chi connectivity index (χ1n) is 6.80. The molecule has 0 amide bonds. The first kappa shape index (κ1) is 15.0. The summed E-state index contributed by atoms with van der Waals surface area (Å²) in [5.41, 5.74) is 7.21. The summed E-state index contributed by atoms with van der Waals surface area (Å²) in [5.74, 6) is 5.68. The molecule has 106 valence electrons. The Morgan fingerprint density at radius 3 is 2.65 bits per heavy atom. The normalized spacial score (nSPS) is 12.4. The Labute approximate surface area is 125 Å². The number of nitrogens with two attached hydrogens (primary N) is 1. The molecule has 4 heteroatoms. The lowest BCUT2D eigenvalue weighted by molar-refractivity contribution is 0.546. The highest BCUT2D eigenvalue weighted by atomic mass is 35.5. The van der Waals surface area contributed by atoms with Gasteiger partial charge in [0.05, 0.1) is 6.04 Å². The number of nitrogens with zero attached hydrogens (tertiary/aromatic N) is 1. The van der Waals surface area contributed by atoms with Crippen molar-refractivity contribution in [2.24, 2.45) is 5.84 Å². The van der Waals surface area contributed by atoms with Crippen molar-refractivity contribution in [1.82, 2.24) is 10.4 Å². The molecule has 20 heavy (non-hydrogen) atoms. The fourth-order valence-corrected chi connectivity index (χ4v) is 2.53. The lowest BCUT2D eigenvalue weighted by atomic mass is 10.0. The van der Waals surface area contributed by atoms with E-state index in [-0.39, 0.29) is 6.04 Å². The van der Waals surface area contributed by atoms with Gasteiger partial charge in [0, 0.05) is 23.3 Å². The second-order valence-corrected chi connectivity index (χ2v) is 5.37. The van der Waals surface area contributed by atoms with Crippen molar-refractivity contribution in [3.8, 4) is 0 Å². The van der Waals surface area contributed by atoms with Crippen LogP contribution in [0.1, 0.15) is 35.3 Å². The topological polar surface area (TPSA) is 50.9 Å². The third-order valence-electron chi connectivity index (χ3n) is 3.44. The summed E-state index contributed by atoms with van der Waals surface area (Å²) in [6, 6.07) is 10.1. The summed E-state index contributed by atoms with van der Waals surface area (Å²) in [6.45, 7) is 4.14. The molecule has 0 fully saturated rings. The van der Waals surface area contributed by atoms with Gasteiger partial charge in [0.15, 0.2) is 0 Å². The van der Waals surface area contributed by atoms with Crippen LogP contribution in [-0.4, -0.2) is 4.98 Å². The van der Waals surface area contributed by atoms with E-state index in [9.17, 15) is 0 Å². The van der Waals surface area contributed by atoms with E-state index in [1.54, 1.807) is 0 Å². The van der Waals surface area contributed by atoms with E-state index >= 15 is 0 Å². The van der Waals surface area contributed by atoms with E-state index in [1.807, 2.05) is 37.4 Å². The first-order valence-corrected chi connectivity index (χ1v) is 7.17. The number of aromatic nitrogens is 1. The number of aryl methyl sites for hydroxylation is 2. The summed E-state index contributed by atoms with van der Waals surface area (Å²) < 4.78 is 0. The molecule has 3 nitrogen and oxygen atoms in total. The van der Waals surface area contributed by atoms with E-state index in [4.69, 9.17) is 17.4 Å². The summed E-state index contributed by atoms with van der Waals surface area (Å²) in [5, 5.41) is 0.734. The molecule has 0 saturated heterocycles. The van der Waals surface area contributed by atoms with Gasteiger partial charge in [0.2, 0.25) is 0 Å². The van der Waals surface area contributed by atoms with Crippen LogP contribution in [-0.2, 0) is 12.8 Å². The smallest absolute Gasteiger partial charge is 0.0530 e. The molecule has 0 aliphatic carbocycles. The van der Waals surface area contributed by atoms with Gasteiger partial charge in [-0.15, -0.1) is 0 Å². The number of halogens is 1. The zero-order valence-corrected chi connectivity index (χ0v) is 12.6. The molecule has 0 spiro atoms. The average Bonchev–Trinajstić information content (AvgIpc) is 2.46. The van der Waals surface area contributed by atoms with Crippen molar-refractivity contribution in [3.05, 3.63) is 63.9 Å². The molecule has 1 aromatic heterocycles. The van der Waals surface area contributed by atoms with Crippen LogP contribution in [0.5, 0.6) is 0 Å². The van der Waals surface area contributed by atoms with Gasteiger partial charge in [-0.1, -0.05) is 36.7 Å². The minimum Gasteiger partial charge on any atom is -0.271 e. The molecule has 2 aromatic rings. The average molecular weight is 290 g/mol. The van der Waals surface area contributed by atoms with Gasteiger partial charge in [-0.05, 0) is 42.2 Å². The molecule has 0 bridgehead atoms. The number of hydrazine groups is 1. The fraction of sp³-hybridized carbons (Fsp3) is 0.312. The zero-order chi connectivity index (χ0) is 14.5. The SMILES string of the molecule is CCc1ccc(CC(NN)c2ccc(C)cc2Cl)nc1. The van der Waals surface area contributed by atoms with Crippen molar-refractivity contribution in [3.63, 3.8) is 0 Å². The Balaban J connectivity index is 2.19. The van der Waals surface area contributed by atoms with E-state index in [1.165, 1.54) is 5.56 Å². The Hall–Kier alpha value is -1.42. The highest BCUT2D eigenvalue weighted by molar-refractivity contribution is 6.31. The molecule has 0 aliphatic heterocycles. The number of hydrogen-bond donors (Lipinski definition) is 2. The van der Waals surface area contributed by atoms with Crippen molar-refractivity contribution >= 4 is 11.6 Å². The quantitative estimate of drug-likeness (QED) is 0.655. The molecule has 1 atom stereocenters. The van der Waals surface area contributed by atoms with Gasteiger partial charge in [-0.3, -0.25) is 16.3 Å². The van der Waals surface area contributed by atoms with Crippen LogP contribution in [0, 0.1) is 6.92 Å². The number of rotatable bonds is 5. The van der Waals surface area contributed by atoms with Crippen molar-refractivity contribution in [2.45, 2.75) is 32.7 Å². The predicted molar refractivity (Wildman–Crippen MR) is 83.6 cm³/mol. The standard InChI is InChI=1S/C16H20ClN3/c1-3-12-5-6-13(19-10-12)9-16(20-18)14-7-4-11(2)8-15(14)17/h4-8,10,16,20H,3,9,18H2,1-2H3. The van der Waals surface area contributed by atoms with Crippen molar-refractivity contribution < 1.29 is 0 Å². The second-order valence-electron chi connectivity index (χ2n) is 4.96. The van der Waals surface area contributed by atoms with Crippen molar-refractivity contribution in [2.75, 3.05) is 0 Å². The first-order chi connectivity index (χ1) is 9.63. The van der Waals surface area contributed by atoms with E-state index < -0.39 is 0 Å². The predicted octanol–water partition coefficient (Wildman–Crippen LogP) is 3.35. The molecule has 3 N–H and O–H groups in total. The molecule has 2 rings (SSSR count). The Morgan fingerprint density at radius 1 is 1.30 bits per heavy atom. The largest absolute Gasteiger partial charge is 0.271 e. The Bertz CT molecular complexity index is 566. The number of benzene rings is 1. The summed E-state index contributed by atoms with van der Waals surface area (Å²) in [4.78, 5) is 4.47. The van der Waals surface area contributed by atoms with Crippen LogP contribution in [0.3, 0.4) is 0 Å². The third kappa shape index (κ3) is 3.57. The van der Waals surface area contributed by atoms with Gasteiger partial charge in [0.1, 0.15) is 0 Å². The molecule has 0 aliphatic rings. The van der Waals surface area contributed by atoms with Crippen LogP contribution in [0.25, 0.3) is 0 Å². The summed E-state index contributed by atoms with van der Waals surface area (Å²) in [6.07, 6.45) is 3.62. The minimum absolute atomic E-state index is 0.0388.